The van der Waals surface area contributed by atoms with Crippen LogP contribution < -0.4 is 5.32 Å². The van der Waals surface area contributed by atoms with E-state index in [1.54, 1.807) is 0 Å². The van der Waals surface area contributed by atoms with Crippen LogP contribution in [0.4, 0.5) is 5.69 Å². The van der Waals surface area contributed by atoms with E-state index >= 15 is 0 Å². The van der Waals surface area contributed by atoms with Crippen molar-refractivity contribution in [3.63, 3.8) is 0 Å². The summed E-state index contributed by atoms with van der Waals surface area (Å²) in [5, 5.41) is 28.5. The fraction of sp³-hybridized carbons (Fsp3) is 0.167. The van der Waals surface area contributed by atoms with Crippen LogP contribution in [0.2, 0.25) is 0 Å². The maximum Gasteiger partial charge on any atom is 0.315 e. The Hall–Kier alpha value is -2.86. The summed E-state index contributed by atoms with van der Waals surface area (Å²) in [6.07, 6.45) is 0. The minimum atomic E-state index is -1.23. The van der Waals surface area contributed by atoms with Gasteiger partial charge in [0.2, 0.25) is 5.91 Å². The fourth-order valence-electron chi connectivity index (χ4n) is 1.17. The summed E-state index contributed by atoms with van der Waals surface area (Å²) in [5.41, 5.74) is 0.601. The highest BCUT2D eigenvalue weighted by molar-refractivity contribution is 6.03. The van der Waals surface area contributed by atoms with Crippen molar-refractivity contribution in [3.8, 4) is 12.1 Å². The molecule has 1 atom stereocenters. The van der Waals surface area contributed by atoms with Crippen molar-refractivity contribution in [2.75, 3.05) is 5.32 Å². The van der Waals surface area contributed by atoms with Crippen molar-refractivity contribution >= 4 is 17.6 Å². The molecule has 1 aromatic carbocycles. The predicted molar refractivity (Wildman–Crippen MR) is 61.3 cm³/mol. The molecule has 0 aromatic heterocycles. The second-order valence-corrected chi connectivity index (χ2v) is 3.53. The molecule has 6 heteroatoms. The van der Waals surface area contributed by atoms with Crippen LogP contribution >= 0.6 is 0 Å². The highest BCUT2D eigenvalue weighted by atomic mass is 16.4. The van der Waals surface area contributed by atoms with Crippen LogP contribution in [0.1, 0.15) is 18.1 Å². The number of nitrogens with zero attached hydrogens (tertiary/aromatic N) is 2. The Balaban J connectivity index is 2.94. The SMILES string of the molecule is CC(C(=O)O)C(=O)Nc1ccc(C#N)c(C#N)c1. The second kappa shape index (κ2) is 5.46. The molecule has 0 radical (unpaired) electrons. The number of hydrogen-bond donors (Lipinski definition) is 2. The van der Waals surface area contributed by atoms with Crippen molar-refractivity contribution < 1.29 is 14.7 Å². The van der Waals surface area contributed by atoms with E-state index in [0.717, 1.165) is 0 Å². The van der Waals surface area contributed by atoms with Gasteiger partial charge in [-0.15, -0.1) is 0 Å². The van der Waals surface area contributed by atoms with Crippen LogP contribution in [0.3, 0.4) is 0 Å². The number of hydrogen-bond acceptors (Lipinski definition) is 4. The Labute approximate surface area is 103 Å². The lowest BCUT2D eigenvalue weighted by molar-refractivity contribution is -0.144. The molecule has 1 amide bonds. The molecule has 0 aliphatic heterocycles. The number of carbonyl (C=O) groups is 2. The number of nitriles is 2. The highest BCUT2D eigenvalue weighted by Gasteiger charge is 2.20. The number of rotatable bonds is 3. The van der Waals surface area contributed by atoms with Gasteiger partial charge in [-0.25, -0.2) is 0 Å². The van der Waals surface area contributed by atoms with E-state index in [1.165, 1.54) is 25.1 Å². The molecule has 2 N–H and O–H groups in total. The number of carbonyl (C=O) groups excluding carboxylic acids is 1. The van der Waals surface area contributed by atoms with Gasteiger partial charge in [-0.2, -0.15) is 10.5 Å². The Morgan fingerprint density at radius 3 is 2.39 bits per heavy atom. The van der Waals surface area contributed by atoms with Gasteiger partial charge in [0.25, 0.3) is 0 Å². The quantitative estimate of drug-likeness (QED) is 0.771. The molecule has 1 aromatic rings. The molecule has 1 unspecified atom stereocenters. The first kappa shape index (κ1) is 13.2. The van der Waals surface area contributed by atoms with Gasteiger partial charge in [0.15, 0.2) is 0 Å². The Bertz CT molecular complexity index is 581. The summed E-state index contributed by atoms with van der Waals surface area (Å²) in [4.78, 5) is 22.1. The monoisotopic (exact) mass is 243 g/mol. The number of aliphatic carboxylic acids is 1. The summed E-state index contributed by atoms with van der Waals surface area (Å²) in [6, 6.07) is 7.81. The zero-order valence-corrected chi connectivity index (χ0v) is 9.47. The molecule has 0 saturated carbocycles. The largest absolute Gasteiger partial charge is 0.481 e. The number of benzene rings is 1. The van der Waals surface area contributed by atoms with Crippen molar-refractivity contribution in [1.82, 2.24) is 0 Å². The first-order chi connectivity index (χ1) is 8.49. The van der Waals surface area contributed by atoms with E-state index in [4.69, 9.17) is 15.6 Å². The first-order valence-corrected chi connectivity index (χ1v) is 4.97. The topological polar surface area (TPSA) is 114 Å². The van der Waals surface area contributed by atoms with Gasteiger partial charge in [-0.05, 0) is 25.1 Å². The summed E-state index contributed by atoms with van der Waals surface area (Å²) in [6.45, 7) is 1.26. The van der Waals surface area contributed by atoms with Crippen molar-refractivity contribution in [3.05, 3.63) is 29.3 Å². The van der Waals surface area contributed by atoms with E-state index in [9.17, 15) is 9.59 Å². The normalized spacial score (nSPS) is 10.8. The average molecular weight is 243 g/mol. The second-order valence-electron chi connectivity index (χ2n) is 3.53. The van der Waals surface area contributed by atoms with E-state index in [1.807, 2.05) is 12.1 Å². The van der Waals surface area contributed by atoms with Crippen LogP contribution in [0, 0.1) is 28.6 Å². The van der Waals surface area contributed by atoms with Crippen LogP contribution in [0.25, 0.3) is 0 Å². The Morgan fingerprint density at radius 1 is 1.28 bits per heavy atom. The third-order valence-corrected chi connectivity index (χ3v) is 2.29. The molecule has 1 rings (SSSR count). The van der Waals surface area contributed by atoms with E-state index in [2.05, 4.69) is 5.32 Å². The lowest BCUT2D eigenvalue weighted by atomic mass is 10.1. The van der Waals surface area contributed by atoms with Crippen LogP contribution in [-0.2, 0) is 9.59 Å². The summed E-state index contributed by atoms with van der Waals surface area (Å²) < 4.78 is 0. The number of carboxylic acids is 1. The third-order valence-electron chi connectivity index (χ3n) is 2.29. The Kier molecular flexibility index (Phi) is 4.01. The molecule has 0 heterocycles. The minimum absolute atomic E-state index is 0.123. The standard InChI is InChI=1S/C12H9N3O3/c1-7(12(17)18)11(16)15-10-3-2-8(5-13)9(4-10)6-14/h2-4,7H,1H3,(H,15,16)(H,17,18). The van der Waals surface area contributed by atoms with Crippen molar-refractivity contribution in [1.29, 1.82) is 10.5 Å². The van der Waals surface area contributed by atoms with Gasteiger partial charge >= 0.3 is 5.97 Å². The van der Waals surface area contributed by atoms with Gasteiger partial charge in [-0.1, -0.05) is 0 Å². The van der Waals surface area contributed by atoms with Gasteiger partial charge in [0.05, 0.1) is 11.1 Å². The smallest absolute Gasteiger partial charge is 0.315 e. The molecular formula is C12H9N3O3. The minimum Gasteiger partial charge on any atom is -0.481 e. The molecule has 18 heavy (non-hydrogen) atoms. The summed E-state index contributed by atoms with van der Waals surface area (Å²) >= 11 is 0. The van der Waals surface area contributed by atoms with E-state index in [-0.39, 0.29) is 16.8 Å². The van der Waals surface area contributed by atoms with Gasteiger partial charge in [-0.3, -0.25) is 9.59 Å². The average Bonchev–Trinajstić information content (AvgIpc) is 2.37. The molecular weight excluding hydrogens is 234 g/mol. The number of nitrogens with one attached hydrogen (secondary N) is 1. The van der Waals surface area contributed by atoms with Gasteiger partial charge in [0.1, 0.15) is 18.1 Å². The van der Waals surface area contributed by atoms with Crippen molar-refractivity contribution in [2.24, 2.45) is 5.92 Å². The zero-order valence-electron chi connectivity index (χ0n) is 9.47. The molecule has 0 saturated heterocycles. The molecule has 0 aliphatic rings. The molecule has 0 fully saturated rings. The van der Waals surface area contributed by atoms with Gasteiger partial charge in [0, 0.05) is 5.69 Å². The van der Waals surface area contributed by atoms with E-state index < -0.39 is 17.8 Å². The maximum absolute atomic E-state index is 11.5. The maximum atomic E-state index is 11.5. The zero-order chi connectivity index (χ0) is 13.7. The number of anilines is 1. The summed E-state index contributed by atoms with van der Waals surface area (Å²) in [7, 11) is 0. The highest BCUT2D eigenvalue weighted by Crippen LogP contribution is 2.15. The molecule has 0 bridgehead atoms. The molecule has 0 spiro atoms. The third kappa shape index (κ3) is 2.83. The molecule has 6 nitrogen and oxygen atoms in total. The summed E-state index contributed by atoms with van der Waals surface area (Å²) in [5.74, 6) is -3.11. The van der Waals surface area contributed by atoms with Crippen LogP contribution in [-0.4, -0.2) is 17.0 Å². The fourth-order valence-corrected chi connectivity index (χ4v) is 1.17. The number of carboxylic acid groups (broad SMARTS) is 1. The lowest BCUT2D eigenvalue weighted by Gasteiger charge is -2.08. The lowest BCUT2D eigenvalue weighted by Crippen LogP contribution is -2.26. The van der Waals surface area contributed by atoms with Gasteiger partial charge < -0.3 is 10.4 Å². The van der Waals surface area contributed by atoms with Crippen molar-refractivity contribution in [2.45, 2.75) is 6.92 Å². The Morgan fingerprint density at radius 2 is 1.89 bits per heavy atom. The first-order valence-electron chi connectivity index (χ1n) is 4.97. The number of amides is 1. The van der Waals surface area contributed by atoms with Crippen LogP contribution in [0.5, 0.6) is 0 Å². The predicted octanol–water partition coefficient (Wildman–Crippen LogP) is 1.09. The molecule has 0 aliphatic carbocycles. The van der Waals surface area contributed by atoms with E-state index in [0.29, 0.717) is 0 Å². The molecule has 90 valence electrons. The van der Waals surface area contributed by atoms with Crippen LogP contribution in [0.15, 0.2) is 18.2 Å².